The number of halogens is 1. The van der Waals surface area contributed by atoms with Crippen LogP contribution in [0.25, 0.3) is 0 Å². The summed E-state index contributed by atoms with van der Waals surface area (Å²) in [7, 11) is 4.61. The van der Waals surface area contributed by atoms with Gasteiger partial charge in [-0.15, -0.1) is 0 Å². The number of likely N-dealkylation sites (N-methyl/N-ethyl adjacent to an activating group) is 1. The van der Waals surface area contributed by atoms with Crippen molar-refractivity contribution in [3.8, 4) is 17.2 Å². The molecule has 0 aliphatic carbocycles. The predicted octanol–water partition coefficient (Wildman–Crippen LogP) is 3.29. The molecule has 0 aliphatic heterocycles. The first-order valence-corrected chi connectivity index (χ1v) is 9.91. The van der Waals surface area contributed by atoms with Crippen LogP contribution in [0.15, 0.2) is 42.5 Å². The van der Waals surface area contributed by atoms with Crippen molar-refractivity contribution in [3.05, 3.63) is 53.1 Å². The zero-order chi connectivity index (χ0) is 22.1. The Balaban J connectivity index is 2.23. The van der Waals surface area contributed by atoms with Gasteiger partial charge in [-0.1, -0.05) is 36.7 Å². The first kappa shape index (κ1) is 23.3. The van der Waals surface area contributed by atoms with Crippen LogP contribution in [0.5, 0.6) is 17.2 Å². The van der Waals surface area contributed by atoms with Crippen LogP contribution in [-0.4, -0.2) is 50.6 Å². The van der Waals surface area contributed by atoms with Gasteiger partial charge >= 0.3 is 0 Å². The fourth-order valence-corrected chi connectivity index (χ4v) is 3.18. The summed E-state index contributed by atoms with van der Waals surface area (Å²) in [6.07, 6.45) is 0.447. The molecule has 0 saturated carbocycles. The lowest BCUT2D eigenvalue weighted by atomic mass is 10.1. The van der Waals surface area contributed by atoms with Gasteiger partial charge in [0.2, 0.25) is 5.91 Å². The predicted molar refractivity (Wildman–Crippen MR) is 115 cm³/mol. The molecule has 0 fully saturated rings. The Bertz CT molecular complexity index is 852. The van der Waals surface area contributed by atoms with E-state index in [1.165, 1.54) is 19.1 Å². The first-order valence-electron chi connectivity index (χ1n) is 9.53. The van der Waals surface area contributed by atoms with Crippen LogP contribution < -0.4 is 19.5 Å². The number of hydrogen-bond acceptors (Lipinski definition) is 5. The van der Waals surface area contributed by atoms with Crippen LogP contribution in [0.2, 0.25) is 5.02 Å². The van der Waals surface area contributed by atoms with E-state index < -0.39 is 6.04 Å². The number of carbonyl (C=O) groups is 2. The number of hydrogen-bond donors (Lipinski definition) is 1. The lowest BCUT2D eigenvalue weighted by Crippen LogP contribution is -2.49. The summed E-state index contributed by atoms with van der Waals surface area (Å²) in [6.45, 7) is 1.78. The van der Waals surface area contributed by atoms with Crippen molar-refractivity contribution in [1.82, 2.24) is 10.2 Å². The summed E-state index contributed by atoms with van der Waals surface area (Å²) in [4.78, 5) is 27.0. The molecular formula is C22H27ClN2O5. The van der Waals surface area contributed by atoms with Crippen LogP contribution in [0.3, 0.4) is 0 Å². The molecule has 2 aromatic rings. The van der Waals surface area contributed by atoms with Gasteiger partial charge in [0.15, 0.2) is 6.61 Å². The van der Waals surface area contributed by atoms with Crippen LogP contribution >= 0.6 is 11.6 Å². The maximum absolute atomic E-state index is 13.1. The number of nitrogens with one attached hydrogen (secondary N) is 1. The van der Waals surface area contributed by atoms with Gasteiger partial charge in [0, 0.05) is 36.8 Å². The van der Waals surface area contributed by atoms with E-state index in [2.05, 4.69) is 5.32 Å². The fourth-order valence-electron chi connectivity index (χ4n) is 2.99. The van der Waals surface area contributed by atoms with Gasteiger partial charge in [-0.2, -0.15) is 0 Å². The molecule has 0 aromatic heterocycles. The zero-order valence-electron chi connectivity index (χ0n) is 17.6. The normalized spacial score (nSPS) is 11.4. The van der Waals surface area contributed by atoms with E-state index in [1.807, 2.05) is 25.1 Å². The molecule has 30 heavy (non-hydrogen) atoms. The first-order chi connectivity index (χ1) is 14.4. The molecule has 0 radical (unpaired) electrons. The van der Waals surface area contributed by atoms with E-state index >= 15 is 0 Å². The van der Waals surface area contributed by atoms with E-state index in [-0.39, 0.29) is 25.0 Å². The van der Waals surface area contributed by atoms with Crippen LogP contribution in [0, 0.1) is 0 Å². The van der Waals surface area contributed by atoms with Gasteiger partial charge in [0.25, 0.3) is 5.91 Å². The van der Waals surface area contributed by atoms with Gasteiger partial charge in [-0.3, -0.25) is 9.59 Å². The number of amides is 2. The highest BCUT2D eigenvalue weighted by atomic mass is 35.5. The molecule has 0 aliphatic rings. The average molecular weight is 435 g/mol. The Kier molecular flexibility index (Phi) is 8.80. The number of ether oxygens (including phenoxy) is 3. The van der Waals surface area contributed by atoms with E-state index in [9.17, 15) is 9.59 Å². The standard InChI is InChI=1S/C22H27ClN2O5/c1-5-20(22(27)24-2)25(13-15-8-6-7-9-19(15)23)21(26)14-30-18-11-16(28-3)10-17(12-18)29-4/h6-12,20H,5,13-14H2,1-4H3,(H,24,27)/t20-/m0/s1. The highest BCUT2D eigenvalue weighted by Gasteiger charge is 2.28. The maximum atomic E-state index is 13.1. The van der Waals surface area contributed by atoms with Gasteiger partial charge in [-0.05, 0) is 18.1 Å². The molecule has 2 amide bonds. The lowest BCUT2D eigenvalue weighted by molar-refractivity contribution is -0.142. The Labute approximate surface area is 181 Å². The largest absolute Gasteiger partial charge is 0.496 e. The van der Waals surface area contributed by atoms with Crippen molar-refractivity contribution in [1.29, 1.82) is 0 Å². The minimum atomic E-state index is -0.651. The summed E-state index contributed by atoms with van der Waals surface area (Å²) in [5, 5.41) is 3.14. The Morgan fingerprint density at radius 2 is 1.67 bits per heavy atom. The minimum Gasteiger partial charge on any atom is -0.496 e. The molecule has 2 aromatic carbocycles. The van der Waals surface area contributed by atoms with E-state index in [1.54, 1.807) is 31.3 Å². The van der Waals surface area contributed by atoms with Crippen molar-refractivity contribution < 1.29 is 23.8 Å². The molecular weight excluding hydrogens is 408 g/mol. The molecule has 0 heterocycles. The highest BCUT2D eigenvalue weighted by molar-refractivity contribution is 6.31. The summed E-state index contributed by atoms with van der Waals surface area (Å²) < 4.78 is 16.1. The smallest absolute Gasteiger partial charge is 0.261 e. The third-order valence-corrected chi connectivity index (χ3v) is 4.99. The summed E-state index contributed by atoms with van der Waals surface area (Å²) in [6, 6.07) is 11.6. The zero-order valence-corrected chi connectivity index (χ0v) is 18.4. The van der Waals surface area contributed by atoms with Crippen molar-refractivity contribution in [3.63, 3.8) is 0 Å². The molecule has 162 valence electrons. The van der Waals surface area contributed by atoms with Crippen LogP contribution in [0.1, 0.15) is 18.9 Å². The number of carbonyl (C=O) groups excluding carboxylic acids is 2. The Morgan fingerprint density at radius 3 is 2.20 bits per heavy atom. The Morgan fingerprint density at radius 1 is 1.07 bits per heavy atom. The molecule has 2 rings (SSSR count). The molecule has 0 spiro atoms. The van der Waals surface area contributed by atoms with Gasteiger partial charge in [-0.25, -0.2) is 0 Å². The van der Waals surface area contributed by atoms with Gasteiger partial charge in [0.05, 0.1) is 14.2 Å². The second kappa shape index (κ2) is 11.3. The summed E-state index contributed by atoms with van der Waals surface area (Å²) >= 11 is 6.28. The van der Waals surface area contributed by atoms with E-state index in [0.717, 1.165) is 5.56 Å². The molecule has 1 atom stereocenters. The molecule has 1 N–H and O–H groups in total. The third-order valence-electron chi connectivity index (χ3n) is 4.62. The molecule has 8 heteroatoms. The fraction of sp³-hybridized carbons (Fsp3) is 0.364. The summed E-state index contributed by atoms with van der Waals surface area (Å²) in [5.41, 5.74) is 0.748. The maximum Gasteiger partial charge on any atom is 0.261 e. The molecule has 7 nitrogen and oxygen atoms in total. The minimum absolute atomic E-state index is 0.190. The van der Waals surface area contributed by atoms with Crippen LogP contribution in [0.4, 0.5) is 0 Å². The third kappa shape index (κ3) is 6.03. The number of methoxy groups -OCH3 is 2. The second-order valence-electron chi connectivity index (χ2n) is 6.49. The number of rotatable bonds is 10. The van der Waals surface area contributed by atoms with E-state index in [4.69, 9.17) is 25.8 Å². The van der Waals surface area contributed by atoms with Crippen molar-refractivity contribution in [2.24, 2.45) is 0 Å². The lowest BCUT2D eigenvalue weighted by Gasteiger charge is -2.30. The van der Waals surface area contributed by atoms with Crippen molar-refractivity contribution in [2.45, 2.75) is 25.9 Å². The van der Waals surface area contributed by atoms with Crippen molar-refractivity contribution in [2.75, 3.05) is 27.9 Å². The van der Waals surface area contributed by atoms with E-state index in [0.29, 0.717) is 28.7 Å². The Hall–Kier alpha value is -2.93. The second-order valence-corrected chi connectivity index (χ2v) is 6.90. The summed E-state index contributed by atoms with van der Waals surface area (Å²) in [5.74, 6) is 0.918. The van der Waals surface area contributed by atoms with Crippen molar-refractivity contribution >= 4 is 23.4 Å². The van der Waals surface area contributed by atoms with Gasteiger partial charge in [0.1, 0.15) is 23.3 Å². The SMILES string of the molecule is CC[C@@H](C(=O)NC)N(Cc1ccccc1Cl)C(=O)COc1cc(OC)cc(OC)c1. The molecule has 0 unspecified atom stereocenters. The average Bonchev–Trinajstić information content (AvgIpc) is 2.77. The molecule has 0 bridgehead atoms. The number of nitrogens with zero attached hydrogens (tertiary/aromatic N) is 1. The van der Waals surface area contributed by atoms with Crippen LogP contribution in [-0.2, 0) is 16.1 Å². The topological polar surface area (TPSA) is 77.1 Å². The monoisotopic (exact) mass is 434 g/mol. The number of benzene rings is 2. The van der Waals surface area contributed by atoms with Gasteiger partial charge < -0.3 is 24.4 Å². The highest BCUT2D eigenvalue weighted by Crippen LogP contribution is 2.27. The molecule has 0 saturated heterocycles. The quantitative estimate of drug-likeness (QED) is 0.621.